The Morgan fingerprint density at radius 1 is 1.41 bits per heavy atom. The first kappa shape index (κ1) is 16.6. The van der Waals surface area contributed by atoms with Crippen molar-refractivity contribution in [1.29, 1.82) is 0 Å². The maximum atomic E-state index is 12.3. The van der Waals surface area contributed by atoms with Crippen molar-refractivity contribution < 1.29 is 14.7 Å². The summed E-state index contributed by atoms with van der Waals surface area (Å²) in [7, 11) is 0. The summed E-state index contributed by atoms with van der Waals surface area (Å²) >= 11 is 0. The molecule has 0 unspecified atom stereocenters. The highest BCUT2D eigenvalue weighted by Gasteiger charge is 2.28. The van der Waals surface area contributed by atoms with E-state index in [4.69, 9.17) is 5.11 Å². The summed E-state index contributed by atoms with van der Waals surface area (Å²) in [5, 5.41) is 11.2. The number of nitrogens with one attached hydrogen (secondary N) is 1. The van der Waals surface area contributed by atoms with Crippen LogP contribution in [0.2, 0.25) is 0 Å². The molecule has 2 aliphatic rings. The third kappa shape index (κ3) is 3.90. The van der Waals surface area contributed by atoms with Crippen molar-refractivity contribution >= 4 is 12.0 Å². The van der Waals surface area contributed by atoms with Gasteiger partial charge in [0.1, 0.15) is 0 Å². The molecule has 1 atom stereocenters. The van der Waals surface area contributed by atoms with Crippen LogP contribution in [0.1, 0.15) is 46.5 Å². The topological polar surface area (TPSA) is 69.6 Å². The van der Waals surface area contributed by atoms with Gasteiger partial charge < -0.3 is 15.3 Å². The maximum absolute atomic E-state index is 12.3. The Hall–Kier alpha value is -1.78. The van der Waals surface area contributed by atoms with Gasteiger partial charge in [-0.3, -0.25) is 4.79 Å². The molecule has 2 amide bonds. The van der Waals surface area contributed by atoms with E-state index in [-0.39, 0.29) is 17.4 Å². The standard InChI is InChI=1S/C17H26N2O3/c1-12-5-4-9-17(2,3)14(12)6-7-15(20)19-10-8-13(11-19)18-16(21)22/h6-7,13,18H,4-5,8-11H2,1-3H3,(H,21,22)/t13-/m1/s1. The first-order chi connectivity index (χ1) is 10.3. The highest BCUT2D eigenvalue weighted by atomic mass is 16.4. The lowest BCUT2D eigenvalue weighted by Gasteiger charge is -2.33. The van der Waals surface area contributed by atoms with E-state index in [1.54, 1.807) is 11.0 Å². The molecule has 1 heterocycles. The van der Waals surface area contributed by atoms with Crippen LogP contribution in [0.5, 0.6) is 0 Å². The van der Waals surface area contributed by atoms with Crippen LogP contribution in [-0.4, -0.2) is 41.1 Å². The highest BCUT2D eigenvalue weighted by molar-refractivity contribution is 5.88. The minimum absolute atomic E-state index is 0.0311. The summed E-state index contributed by atoms with van der Waals surface area (Å²) in [6, 6.07) is -0.151. The van der Waals surface area contributed by atoms with Crippen LogP contribution in [-0.2, 0) is 4.79 Å². The van der Waals surface area contributed by atoms with Gasteiger partial charge in [0.15, 0.2) is 0 Å². The number of hydrogen-bond acceptors (Lipinski definition) is 2. The largest absolute Gasteiger partial charge is 0.465 e. The number of amides is 2. The summed E-state index contributed by atoms with van der Waals surface area (Å²) in [4.78, 5) is 24.6. The molecule has 1 fully saturated rings. The van der Waals surface area contributed by atoms with Crippen LogP contribution >= 0.6 is 0 Å². The summed E-state index contributed by atoms with van der Waals surface area (Å²) in [6.07, 6.45) is 6.72. The first-order valence-electron chi connectivity index (χ1n) is 7.96. The zero-order chi connectivity index (χ0) is 16.3. The Morgan fingerprint density at radius 3 is 2.77 bits per heavy atom. The van der Waals surface area contributed by atoms with Crippen LogP contribution in [0.3, 0.4) is 0 Å². The third-order valence-electron chi connectivity index (χ3n) is 4.76. The molecule has 22 heavy (non-hydrogen) atoms. The Labute approximate surface area is 132 Å². The summed E-state index contributed by atoms with van der Waals surface area (Å²) in [5.41, 5.74) is 2.76. The number of carbonyl (C=O) groups excluding carboxylic acids is 1. The minimum Gasteiger partial charge on any atom is -0.465 e. The molecule has 0 aromatic carbocycles. The molecule has 0 radical (unpaired) electrons. The third-order valence-corrected chi connectivity index (χ3v) is 4.76. The lowest BCUT2D eigenvalue weighted by molar-refractivity contribution is -0.125. The minimum atomic E-state index is -1.03. The Morgan fingerprint density at radius 2 is 2.14 bits per heavy atom. The summed E-state index contributed by atoms with van der Waals surface area (Å²) in [6.45, 7) is 7.66. The second kappa shape index (κ2) is 6.55. The zero-order valence-corrected chi connectivity index (χ0v) is 13.7. The van der Waals surface area contributed by atoms with E-state index in [0.29, 0.717) is 19.5 Å². The van der Waals surface area contributed by atoms with Crippen LogP contribution in [0.4, 0.5) is 4.79 Å². The molecule has 2 rings (SSSR count). The second-order valence-electron chi connectivity index (χ2n) is 6.98. The van der Waals surface area contributed by atoms with Crippen LogP contribution in [0.25, 0.3) is 0 Å². The van der Waals surface area contributed by atoms with Crippen LogP contribution in [0.15, 0.2) is 23.3 Å². The monoisotopic (exact) mass is 306 g/mol. The van der Waals surface area contributed by atoms with Crippen LogP contribution in [0, 0.1) is 5.41 Å². The Bertz CT molecular complexity index is 520. The molecule has 5 nitrogen and oxygen atoms in total. The molecule has 0 saturated carbocycles. The lowest BCUT2D eigenvalue weighted by Crippen LogP contribution is -2.37. The van der Waals surface area contributed by atoms with Crippen LogP contribution < -0.4 is 5.32 Å². The van der Waals surface area contributed by atoms with E-state index < -0.39 is 6.09 Å². The number of nitrogens with zero attached hydrogens (tertiary/aromatic N) is 1. The predicted octanol–water partition coefficient (Wildman–Crippen LogP) is 2.94. The predicted molar refractivity (Wildman–Crippen MR) is 85.6 cm³/mol. The number of hydrogen-bond donors (Lipinski definition) is 2. The molecule has 0 aromatic rings. The Kier molecular flexibility index (Phi) is 4.94. The summed E-state index contributed by atoms with van der Waals surface area (Å²) < 4.78 is 0. The number of allylic oxidation sites excluding steroid dienone is 3. The molecule has 2 N–H and O–H groups in total. The van der Waals surface area contributed by atoms with Gasteiger partial charge in [0.25, 0.3) is 0 Å². The molecule has 1 aliphatic carbocycles. The van der Waals surface area contributed by atoms with Gasteiger partial charge in [0.05, 0.1) is 6.04 Å². The molecular weight excluding hydrogens is 280 g/mol. The van der Waals surface area contributed by atoms with Gasteiger partial charge in [-0.15, -0.1) is 0 Å². The molecule has 0 aromatic heterocycles. The highest BCUT2D eigenvalue weighted by Crippen LogP contribution is 2.40. The average molecular weight is 306 g/mol. The molecule has 0 bridgehead atoms. The number of likely N-dealkylation sites (tertiary alicyclic amines) is 1. The molecule has 122 valence electrons. The molecule has 1 saturated heterocycles. The van der Waals surface area contributed by atoms with Gasteiger partial charge in [-0.2, -0.15) is 0 Å². The van der Waals surface area contributed by atoms with E-state index >= 15 is 0 Å². The number of carbonyl (C=O) groups is 2. The van der Waals surface area contributed by atoms with Gasteiger partial charge in [-0.25, -0.2) is 4.79 Å². The average Bonchev–Trinajstić information content (AvgIpc) is 2.84. The van der Waals surface area contributed by atoms with E-state index in [0.717, 1.165) is 12.8 Å². The SMILES string of the molecule is CC1=C(C=CC(=O)N2CC[C@@H](NC(=O)O)C2)C(C)(C)CCC1. The van der Waals surface area contributed by atoms with Crippen molar-refractivity contribution in [3.05, 3.63) is 23.3 Å². The van der Waals surface area contributed by atoms with E-state index in [2.05, 4.69) is 26.1 Å². The molecule has 0 spiro atoms. The van der Waals surface area contributed by atoms with E-state index in [9.17, 15) is 9.59 Å². The van der Waals surface area contributed by atoms with Gasteiger partial charge in [-0.1, -0.05) is 25.5 Å². The lowest BCUT2D eigenvalue weighted by atomic mass is 9.72. The van der Waals surface area contributed by atoms with E-state index in [1.165, 1.54) is 17.6 Å². The zero-order valence-electron chi connectivity index (χ0n) is 13.7. The molecular formula is C17H26N2O3. The van der Waals surface area contributed by atoms with Crippen molar-refractivity contribution in [3.63, 3.8) is 0 Å². The fourth-order valence-electron chi connectivity index (χ4n) is 3.52. The fraction of sp³-hybridized carbons (Fsp3) is 0.647. The maximum Gasteiger partial charge on any atom is 0.404 e. The number of rotatable bonds is 3. The van der Waals surface area contributed by atoms with E-state index in [1.807, 2.05) is 6.08 Å². The first-order valence-corrected chi connectivity index (χ1v) is 7.96. The van der Waals surface area contributed by atoms with Gasteiger partial charge in [-0.05, 0) is 43.6 Å². The van der Waals surface area contributed by atoms with Crippen molar-refractivity contribution in [3.8, 4) is 0 Å². The van der Waals surface area contributed by atoms with Crippen molar-refractivity contribution in [2.24, 2.45) is 5.41 Å². The van der Waals surface area contributed by atoms with Crippen molar-refractivity contribution in [2.75, 3.05) is 13.1 Å². The normalized spacial score (nSPS) is 24.9. The molecule has 1 aliphatic heterocycles. The summed E-state index contributed by atoms with van der Waals surface area (Å²) in [5.74, 6) is -0.0311. The van der Waals surface area contributed by atoms with Gasteiger partial charge in [0, 0.05) is 19.2 Å². The van der Waals surface area contributed by atoms with Crippen molar-refractivity contribution in [2.45, 2.75) is 52.5 Å². The van der Waals surface area contributed by atoms with Gasteiger partial charge in [0.2, 0.25) is 5.91 Å². The molecule has 5 heteroatoms. The fourth-order valence-corrected chi connectivity index (χ4v) is 3.52. The van der Waals surface area contributed by atoms with Gasteiger partial charge >= 0.3 is 6.09 Å². The second-order valence-corrected chi connectivity index (χ2v) is 6.98. The smallest absolute Gasteiger partial charge is 0.404 e. The van der Waals surface area contributed by atoms with Crippen molar-refractivity contribution in [1.82, 2.24) is 10.2 Å². The Balaban J connectivity index is 1.99. The quantitative estimate of drug-likeness (QED) is 0.788. The number of carboxylic acid groups (broad SMARTS) is 1.